The van der Waals surface area contributed by atoms with Gasteiger partial charge < -0.3 is 24.1 Å². The van der Waals surface area contributed by atoms with E-state index in [1.165, 1.54) is 32.6 Å². The Labute approximate surface area is 143 Å². The Morgan fingerprint density at radius 3 is 2.56 bits per heavy atom. The van der Waals surface area contributed by atoms with Crippen LogP contribution in [0.3, 0.4) is 0 Å². The maximum Gasteiger partial charge on any atom is 0.193 e. The molecule has 0 spiro atoms. The van der Waals surface area contributed by atoms with E-state index in [4.69, 9.17) is 13.9 Å². The lowest BCUT2D eigenvalue weighted by atomic mass is 10.0. The number of phenols is 1. The van der Waals surface area contributed by atoms with Gasteiger partial charge in [0.25, 0.3) is 0 Å². The molecule has 128 valence electrons. The van der Waals surface area contributed by atoms with Crippen molar-refractivity contribution >= 4 is 22.5 Å². The molecule has 1 heterocycles. The number of carbonyl (C=O) groups is 1. The van der Waals surface area contributed by atoms with Gasteiger partial charge in [-0.15, -0.1) is 0 Å². The molecule has 2 aromatic carbocycles. The van der Waals surface area contributed by atoms with Gasteiger partial charge in [-0.3, -0.25) is 4.79 Å². The van der Waals surface area contributed by atoms with E-state index in [0.29, 0.717) is 28.0 Å². The van der Waals surface area contributed by atoms with Crippen molar-refractivity contribution in [2.24, 2.45) is 0 Å². The number of aliphatic hydroxyl groups excluding tert-OH is 1. The van der Waals surface area contributed by atoms with Gasteiger partial charge in [-0.1, -0.05) is 0 Å². The first-order valence-electron chi connectivity index (χ1n) is 7.41. The van der Waals surface area contributed by atoms with Gasteiger partial charge in [0.2, 0.25) is 0 Å². The molecular formula is C19H16O6. The minimum atomic E-state index is -0.534. The van der Waals surface area contributed by atoms with Gasteiger partial charge in [-0.2, -0.15) is 0 Å². The van der Waals surface area contributed by atoms with Gasteiger partial charge in [0.05, 0.1) is 26.0 Å². The van der Waals surface area contributed by atoms with Crippen molar-refractivity contribution in [1.29, 1.82) is 0 Å². The second kappa shape index (κ2) is 6.60. The standard InChI is InChI=1S/C19H16O6/c1-23-17-4-3-11(8-19(17)24-2)14(20)9-15(21)13-7-12-5-6-25-18(12)10-16(13)22/h3-10,20,22H,1-2H3/b14-9-. The van der Waals surface area contributed by atoms with Crippen LogP contribution in [-0.2, 0) is 0 Å². The van der Waals surface area contributed by atoms with Crippen molar-refractivity contribution in [2.75, 3.05) is 14.2 Å². The summed E-state index contributed by atoms with van der Waals surface area (Å²) in [7, 11) is 2.98. The molecule has 0 saturated heterocycles. The lowest BCUT2D eigenvalue weighted by Gasteiger charge is -2.09. The van der Waals surface area contributed by atoms with Crippen molar-refractivity contribution in [1.82, 2.24) is 0 Å². The molecule has 0 saturated carbocycles. The van der Waals surface area contributed by atoms with Crippen molar-refractivity contribution in [2.45, 2.75) is 0 Å². The molecule has 6 heteroatoms. The van der Waals surface area contributed by atoms with Crippen molar-refractivity contribution in [3.63, 3.8) is 0 Å². The molecule has 3 aromatic rings. The van der Waals surface area contributed by atoms with E-state index >= 15 is 0 Å². The SMILES string of the molecule is COc1ccc(/C(O)=C/C(=O)c2cc3ccoc3cc2O)cc1OC. The van der Waals surface area contributed by atoms with Gasteiger partial charge in [0.1, 0.15) is 17.1 Å². The molecule has 0 fully saturated rings. The molecule has 2 N–H and O–H groups in total. The number of rotatable bonds is 5. The molecule has 1 aromatic heterocycles. The van der Waals surface area contributed by atoms with Gasteiger partial charge in [0, 0.05) is 23.1 Å². The average Bonchev–Trinajstić information content (AvgIpc) is 3.07. The number of ketones is 1. The Hall–Kier alpha value is -3.41. The smallest absolute Gasteiger partial charge is 0.193 e. The first-order valence-corrected chi connectivity index (χ1v) is 7.41. The van der Waals surface area contributed by atoms with E-state index in [9.17, 15) is 15.0 Å². The first-order chi connectivity index (χ1) is 12.0. The van der Waals surface area contributed by atoms with Crippen LogP contribution in [0.25, 0.3) is 16.7 Å². The number of methoxy groups -OCH3 is 2. The molecule has 25 heavy (non-hydrogen) atoms. The number of allylic oxidation sites excluding steroid dienone is 1. The summed E-state index contributed by atoms with van der Waals surface area (Å²) in [5, 5.41) is 20.9. The first kappa shape index (κ1) is 16.4. The number of hydrogen-bond acceptors (Lipinski definition) is 6. The highest BCUT2D eigenvalue weighted by molar-refractivity contribution is 6.11. The van der Waals surface area contributed by atoms with Crippen LogP contribution in [-0.4, -0.2) is 30.2 Å². The maximum atomic E-state index is 12.4. The van der Waals surface area contributed by atoms with E-state index in [2.05, 4.69) is 0 Å². The largest absolute Gasteiger partial charge is 0.507 e. The highest BCUT2D eigenvalue weighted by atomic mass is 16.5. The third-order valence-corrected chi connectivity index (χ3v) is 3.78. The topological polar surface area (TPSA) is 89.1 Å². The third kappa shape index (κ3) is 3.14. The van der Waals surface area contributed by atoms with Gasteiger partial charge in [-0.05, 0) is 30.3 Å². The second-order valence-electron chi connectivity index (χ2n) is 5.29. The molecule has 0 aliphatic carbocycles. The molecule has 0 radical (unpaired) electrons. The number of furan rings is 1. The molecular weight excluding hydrogens is 324 g/mol. The quantitative estimate of drug-likeness (QED) is 0.415. The van der Waals surface area contributed by atoms with E-state index in [1.807, 2.05) is 0 Å². The maximum absolute atomic E-state index is 12.4. The number of hydrogen-bond donors (Lipinski definition) is 2. The normalized spacial score (nSPS) is 11.5. The summed E-state index contributed by atoms with van der Waals surface area (Å²) in [6, 6.07) is 9.33. The number of fused-ring (bicyclic) bond motifs is 1. The van der Waals surface area contributed by atoms with E-state index in [-0.39, 0.29) is 17.1 Å². The summed E-state index contributed by atoms with van der Waals surface area (Å²) in [6.07, 6.45) is 2.51. The van der Waals surface area contributed by atoms with Crippen LogP contribution in [0.4, 0.5) is 0 Å². The van der Waals surface area contributed by atoms with Crippen LogP contribution in [0.1, 0.15) is 15.9 Å². The molecule has 0 amide bonds. The van der Waals surface area contributed by atoms with Gasteiger partial charge >= 0.3 is 0 Å². The number of ether oxygens (including phenoxy) is 2. The molecule has 0 bridgehead atoms. The summed E-state index contributed by atoms with van der Waals surface area (Å²) >= 11 is 0. The minimum Gasteiger partial charge on any atom is -0.507 e. The van der Waals surface area contributed by atoms with Gasteiger partial charge in [-0.25, -0.2) is 0 Å². The monoisotopic (exact) mass is 340 g/mol. The number of phenolic OH excluding ortho intramolecular Hbond substituents is 1. The number of carbonyl (C=O) groups excluding carboxylic acids is 1. The Bertz CT molecular complexity index is 967. The van der Waals surface area contributed by atoms with Crippen LogP contribution in [0, 0.1) is 0 Å². The van der Waals surface area contributed by atoms with Crippen LogP contribution < -0.4 is 9.47 Å². The predicted molar refractivity (Wildman–Crippen MR) is 92.4 cm³/mol. The summed E-state index contributed by atoms with van der Waals surface area (Å²) in [5.74, 6) is -0.0715. The third-order valence-electron chi connectivity index (χ3n) is 3.78. The summed E-state index contributed by atoms with van der Waals surface area (Å²) in [6.45, 7) is 0. The van der Waals surface area contributed by atoms with Crippen LogP contribution in [0.5, 0.6) is 17.2 Å². The zero-order valence-electron chi connectivity index (χ0n) is 13.6. The summed E-state index contributed by atoms with van der Waals surface area (Å²) in [4.78, 5) is 12.4. The lowest BCUT2D eigenvalue weighted by Crippen LogP contribution is -1.98. The van der Waals surface area contributed by atoms with E-state index in [1.54, 1.807) is 24.3 Å². The summed E-state index contributed by atoms with van der Waals surface area (Å²) in [5.41, 5.74) is 0.929. The van der Waals surface area contributed by atoms with E-state index < -0.39 is 5.78 Å². The van der Waals surface area contributed by atoms with Crippen LogP contribution >= 0.6 is 0 Å². The Kier molecular flexibility index (Phi) is 4.35. The fourth-order valence-electron chi connectivity index (χ4n) is 2.48. The zero-order valence-corrected chi connectivity index (χ0v) is 13.6. The molecule has 6 nitrogen and oxygen atoms in total. The molecule has 3 rings (SSSR count). The number of benzene rings is 2. The van der Waals surface area contributed by atoms with Gasteiger partial charge in [0.15, 0.2) is 17.3 Å². The minimum absolute atomic E-state index is 0.0703. The fraction of sp³-hybridized carbons (Fsp3) is 0.105. The molecule has 0 aliphatic heterocycles. The Morgan fingerprint density at radius 2 is 1.84 bits per heavy atom. The van der Waals surface area contributed by atoms with Crippen molar-refractivity contribution < 1.29 is 28.9 Å². The molecule has 0 aliphatic rings. The number of aromatic hydroxyl groups is 1. The highest BCUT2D eigenvalue weighted by Gasteiger charge is 2.14. The van der Waals surface area contributed by atoms with E-state index in [0.717, 1.165) is 6.08 Å². The number of aliphatic hydroxyl groups is 1. The van der Waals surface area contributed by atoms with Crippen LogP contribution in [0.15, 0.2) is 53.2 Å². The highest BCUT2D eigenvalue weighted by Crippen LogP contribution is 2.31. The Balaban J connectivity index is 1.95. The summed E-state index contributed by atoms with van der Waals surface area (Å²) < 4.78 is 15.5. The zero-order chi connectivity index (χ0) is 18.0. The van der Waals surface area contributed by atoms with Crippen molar-refractivity contribution in [3.05, 3.63) is 59.9 Å². The van der Waals surface area contributed by atoms with Crippen LogP contribution in [0.2, 0.25) is 0 Å². The Morgan fingerprint density at radius 1 is 1.08 bits per heavy atom. The lowest BCUT2D eigenvalue weighted by molar-refractivity contribution is 0.104. The second-order valence-corrected chi connectivity index (χ2v) is 5.29. The molecule has 0 atom stereocenters. The fourth-order valence-corrected chi connectivity index (χ4v) is 2.48. The average molecular weight is 340 g/mol. The predicted octanol–water partition coefficient (Wildman–Crippen LogP) is 3.94. The van der Waals surface area contributed by atoms with Crippen molar-refractivity contribution in [3.8, 4) is 17.2 Å². The molecule has 0 unspecified atom stereocenters.